The van der Waals surface area contributed by atoms with Crippen molar-refractivity contribution in [1.29, 1.82) is 0 Å². The Balaban J connectivity index is 1.72. The molecule has 1 aliphatic heterocycles. The summed E-state index contributed by atoms with van der Waals surface area (Å²) in [5, 5.41) is 3.98. The van der Waals surface area contributed by atoms with Crippen LogP contribution >= 0.6 is 0 Å². The Morgan fingerprint density at radius 3 is 2.81 bits per heavy atom. The van der Waals surface area contributed by atoms with Crippen LogP contribution < -0.4 is 5.73 Å². The Labute approximate surface area is 123 Å². The molecule has 0 radical (unpaired) electrons. The molecule has 2 heterocycles. The van der Waals surface area contributed by atoms with Crippen LogP contribution in [0, 0.1) is 6.92 Å². The molecule has 1 atom stereocenters. The van der Waals surface area contributed by atoms with E-state index in [1.165, 1.54) is 5.56 Å². The number of nitrogens with two attached hydrogens (primary N) is 1. The molecule has 1 saturated heterocycles. The maximum Gasteiger partial charge on any atom is 0.248 e. The van der Waals surface area contributed by atoms with Gasteiger partial charge >= 0.3 is 0 Å². The van der Waals surface area contributed by atoms with Gasteiger partial charge in [0.25, 0.3) is 0 Å². The van der Waals surface area contributed by atoms with Gasteiger partial charge in [-0.25, -0.2) is 0 Å². The molecule has 0 unspecified atom stereocenters. The predicted molar refractivity (Wildman–Crippen MR) is 78.6 cm³/mol. The van der Waals surface area contributed by atoms with E-state index in [1.54, 1.807) is 12.1 Å². The number of likely N-dealkylation sites (tertiary alicyclic amines) is 1. The largest absolute Gasteiger partial charge is 0.366 e. The first-order valence-electron chi connectivity index (χ1n) is 7.19. The average molecular weight is 285 g/mol. The summed E-state index contributed by atoms with van der Waals surface area (Å²) in [6.07, 6.45) is 2.25. The van der Waals surface area contributed by atoms with Gasteiger partial charge in [-0.1, -0.05) is 17.3 Å². The van der Waals surface area contributed by atoms with Gasteiger partial charge in [-0.2, -0.15) is 0 Å². The summed E-state index contributed by atoms with van der Waals surface area (Å²) in [5.74, 6) is 0.552. The van der Waals surface area contributed by atoms with Gasteiger partial charge in [0.05, 0.1) is 11.7 Å². The zero-order valence-corrected chi connectivity index (χ0v) is 12.1. The minimum absolute atomic E-state index is 0.294. The van der Waals surface area contributed by atoms with Crippen LogP contribution in [0.25, 0.3) is 0 Å². The van der Waals surface area contributed by atoms with Gasteiger partial charge in [0.1, 0.15) is 0 Å². The Bertz CT molecular complexity index is 633. The van der Waals surface area contributed by atoms with Crippen molar-refractivity contribution in [3.05, 3.63) is 52.9 Å². The number of nitrogens with zero attached hydrogens (tertiary/aromatic N) is 2. The van der Waals surface area contributed by atoms with Crippen LogP contribution in [0.4, 0.5) is 0 Å². The van der Waals surface area contributed by atoms with Crippen molar-refractivity contribution in [3.8, 4) is 0 Å². The molecule has 0 aliphatic carbocycles. The number of hydrogen-bond acceptors (Lipinski definition) is 4. The van der Waals surface area contributed by atoms with E-state index in [0.29, 0.717) is 11.6 Å². The molecule has 0 bridgehead atoms. The first-order chi connectivity index (χ1) is 10.1. The monoisotopic (exact) mass is 285 g/mol. The summed E-state index contributed by atoms with van der Waals surface area (Å²) in [6, 6.07) is 9.78. The number of amides is 1. The molecular formula is C16H19N3O2. The molecular weight excluding hydrogens is 266 g/mol. The summed E-state index contributed by atoms with van der Waals surface area (Å²) in [6.45, 7) is 3.82. The minimum Gasteiger partial charge on any atom is -0.366 e. The third-order valence-corrected chi connectivity index (χ3v) is 3.96. The summed E-state index contributed by atoms with van der Waals surface area (Å²) in [4.78, 5) is 13.5. The molecule has 110 valence electrons. The third-order valence-electron chi connectivity index (χ3n) is 3.96. The molecule has 1 aromatic carbocycles. The number of carbonyl (C=O) groups is 1. The van der Waals surface area contributed by atoms with Crippen LogP contribution in [0.3, 0.4) is 0 Å². The second-order valence-electron chi connectivity index (χ2n) is 5.56. The molecule has 21 heavy (non-hydrogen) atoms. The van der Waals surface area contributed by atoms with Crippen LogP contribution in [-0.2, 0) is 6.54 Å². The fraction of sp³-hybridized carbons (Fsp3) is 0.375. The standard InChI is InChI=1S/C16H19N3O2/c1-11-9-15(21-18-11)14-3-2-8-19(14)10-12-4-6-13(7-5-12)16(17)20/h4-7,9,14H,2-3,8,10H2,1H3,(H2,17,20)/t14-/m0/s1. The molecule has 3 rings (SSSR count). The van der Waals surface area contributed by atoms with Crippen molar-refractivity contribution in [3.63, 3.8) is 0 Å². The van der Waals surface area contributed by atoms with Gasteiger partial charge in [-0.3, -0.25) is 9.69 Å². The van der Waals surface area contributed by atoms with Gasteiger partial charge in [0, 0.05) is 18.2 Å². The van der Waals surface area contributed by atoms with Crippen LogP contribution in [-0.4, -0.2) is 22.5 Å². The summed E-state index contributed by atoms with van der Waals surface area (Å²) >= 11 is 0. The average Bonchev–Trinajstić information content (AvgIpc) is 3.08. The van der Waals surface area contributed by atoms with Crippen molar-refractivity contribution >= 4 is 5.91 Å². The molecule has 0 spiro atoms. The van der Waals surface area contributed by atoms with E-state index >= 15 is 0 Å². The Morgan fingerprint density at radius 1 is 1.43 bits per heavy atom. The fourth-order valence-electron chi connectivity index (χ4n) is 2.89. The number of rotatable bonds is 4. The highest BCUT2D eigenvalue weighted by Gasteiger charge is 2.28. The predicted octanol–water partition coefficient (Wildman–Crippen LogP) is 2.42. The molecule has 1 aliphatic rings. The molecule has 5 heteroatoms. The van der Waals surface area contributed by atoms with Crippen molar-refractivity contribution in [2.45, 2.75) is 32.4 Å². The van der Waals surface area contributed by atoms with E-state index in [9.17, 15) is 4.79 Å². The number of carbonyl (C=O) groups excluding carboxylic acids is 1. The topological polar surface area (TPSA) is 72.4 Å². The van der Waals surface area contributed by atoms with E-state index in [-0.39, 0.29) is 0 Å². The highest BCUT2D eigenvalue weighted by atomic mass is 16.5. The van der Waals surface area contributed by atoms with Crippen LogP contribution in [0.2, 0.25) is 0 Å². The number of primary amides is 1. The van der Waals surface area contributed by atoms with Gasteiger partial charge in [0.15, 0.2) is 5.76 Å². The van der Waals surface area contributed by atoms with Crippen molar-refractivity contribution in [2.24, 2.45) is 5.73 Å². The summed E-state index contributed by atoms with van der Waals surface area (Å²) in [5.41, 5.74) is 7.89. The van der Waals surface area contributed by atoms with Gasteiger partial charge in [-0.15, -0.1) is 0 Å². The van der Waals surface area contributed by atoms with Gasteiger partial charge < -0.3 is 10.3 Å². The molecule has 1 aromatic heterocycles. The number of hydrogen-bond donors (Lipinski definition) is 1. The molecule has 1 amide bonds. The van der Waals surface area contributed by atoms with Gasteiger partial charge in [-0.05, 0) is 44.0 Å². The van der Waals surface area contributed by atoms with Gasteiger partial charge in [0.2, 0.25) is 5.91 Å². The Morgan fingerprint density at radius 2 is 2.19 bits per heavy atom. The lowest BCUT2D eigenvalue weighted by Gasteiger charge is -2.22. The normalized spacial score (nSPS) is 19.0. The zero-order chi connectivity index (χ0) is 14.8. The third kappa shape index (κ3) is 2.97. The number of benzene rings is 1. The van der Waals surface area contributed by atoms with E-state index in [4.69, 9.17) is 10.3 Å². The summed E-state index contributed by atoms with van der Waals surface area (Å²) in [7, 11) is 0. The minimum atomic E-state index is -0.391. The Kier molecular flexibility index (Phi) is 3.75. The fourth-order valence-corrected chi connectivity index (χ4v) is 2.89. The second kappa shape index (κ2) is 5.69. The number of aromatic nitrogens is 1. The quantitative estimate of drug-likeness (QED) is 0.936. The molecule has 2 aromatic rings. The van der Waals surface area contributed by atoms with Crippen LogP contribution in [0.5, 0.6) is 0 Å². The number of aryl methyl sites for hydroxylation is 1. The van der Waals surface area contributed by atoms with Crippen LogP contribution in [0.15, 0.2) is 34.9 Å². The Hall–Kier alpha value is -2.14. The molecule has 5 nitrogen and oxygen atoms in total. The zero-order valence-electron chi connectivity index (χ0n) is 12.1. The SMILES string of the molecule is Cc1cc([C@@H]2CCCN2Cc2ccc(C(N)=O)cc2)on1. The van der Waals surface area contributed by atoms with E-state index in [0.717, 1.165) is 37.4 Å². The lowest BCUT2D eigenvalue weighted by Crippen LogP contribution is -2.22. The summed E-state index contributed by atoms with van der Waals surface area (Å²) < 4.78 is 5.41. The highest BCUT2D eigenvalue weighted by Crippen LogP contribution is 2.33. The van der Waals surface area contributed by atoms with Crippen molar-refractivity contribution in [2.75, 3.05) is 6.54 Å². The van der Waals surface area contributed by atoms with E-state index in [2.05, 4.69) is 10.1 Å². The van der Waals surface area contributed by atoms with E-state index in [1.807, 2.05) is 25.1 Å². The van der Waals surface area contributed by atoms with Crippen LogP contribution in [0.1, 0.15) is 46.3 Å². The smallest absolute Gasteiger partial charge is 0.248 e. The molecule has 1 fully saturated rings. The van der Waals surface area contributed by atoms with E-state index < -0.39 is 5.91 Å². The first kappa shape index (κ1) is 13.8. The first-order valence-corrected chi connectivity index (χ1v) is 7.19. The second-order valence-corrected chi connectivity index (χ2v) is 5.56. The van der Waals surface area contributed by atoms with Crippen molar-refractivity contribution in [1.82, 2.24) is 10.1 Å². The van der Waals surface area contributed by atoms with Crippen molar-refractivity contribution < 1.29 is 9.32 Å². The highest BCUT2D eigenvalue weighted by molar-refractivity contribution is 5.92. The maximum absolute atomic E-state index is 11.1. The molecule has 2 N–H and O–H groups in total. The molecule has 0 saturated carbocycles. The lowest BCUT2D eigenvalue weighted by atomic mass is 10.1. The maximum atomic E-state index is 11.1. The lowest BCUT2D eigenvalue weighted by molar-refractivity contribution is 0.100.